The van der Waals surface area contributed by atoms with Crippen molar-refractivity contribution in [3.05, 3.63) is 60.8 Å². The van der Waals surface area contributed by atoms with E-state index in [4.69, 9.17) is 24.8 Å². The first-order chi connectivity index (χ1) is 28.3. The molecule has 7 N–H and O–H groups in total. The summed E-state index contributed by atoms with van der Waals surface area (Å²) in [7, 11) is -4.79. The number of allylic oxidation sites excluding steroid dienone is 8. The standard InChI is InChI=1S/C44H74NO13P/c1-3-5-7-8-9-10-11-12-13-14-15-16-17-18-23-27-42(49)55-32-36(33-56-59(53,54)57-34-39(45)44(51)52)58-43(50)28-24-20-19-22-26-37-38(41(48)31-40(37)47)30-29-35(46)25-21-6-4-2/h5,7,9-10,12-13,15-16,29-30,35-41,46-48H,3-4,6,8,11,14,17-28,31-34,45H2,1-2H3,(H,51,52)(H,53,54)/b7-5-,10-9-,13-12-,16-15-,30-29+/t35-,36+,37+,38+,39-,40-,41+/m0/s1. The van der Waals surface area contributed by atoms with Gasteiger partial charge in [-0.1, -0.05) is 113 Å². The number of carboxylic acids is 1. The van der Waals surface area contributed by atoms with Crippen molar-refractivity contribution in [2.75, 3.05) is 19.8 Å². The molecule has 15 heteroatoms. The Hall–Kier alpha value is -2.94. The molecule has 1 fully saturated rings. The van der Waals surface area contributed by atoms with Crippen LogP contribution >= 0.6 is 7.82 Å². The predicted molar refractivity (Wildman–Crippen MR) is 228 cm³/mol. The maximum absolute atomic E-state index is 12.7. The van der Waals surface area contributed by atoms with Crippen LogP contribution in [0.1, 0.15) is 136 Å². The second-order valence-electron chi connectivity index (χ2n) is 15.1. The Balaban J connectivity index is 2.53. The Kier molecular flexibility index (Phi) is 30.9. The number of aliphatic carboxylic acids is 1. The van der Waals surface area contributed by atoms with Gasteiger partial charge in [0.1, 0.15) is 12.6 Å². The molecule has 1 saturated carbocycles. The van der Waals surface area contributed by atoms with Crippen LogP contribution in [0.3, 0.4) is 0 Å². The number of hydrogen-bond donors (Lipinski definition) is 6. The van der Waals surface area contributed by atoms with Gasteiger partial charge in [-0.25, -0.2) is 4.57 Å². The predicted octanol–water partition coefficient (Wildman–Crippen LogP) is 7.55. The summed E-state index contributed by atoms with van der Waals surface area (Å²) >= 11 is 0. The summed E-state index contributed by atoms with van der Waals surface area (Å²) in [5, 5.41) is 40.3. The van der Waals surface area contributed by atoms with Gasteiger partial charge in [0.2, 0.25) is 0 Å². The lowest BCUT2D eigenvalue weighted by molar-refractivity contribution is -0.161. The van der Waals surface area contributed by atoms with E-state index in [2.05, 4.69) is 67.0 Å². The molecule has 1 unspecified atom stereocenters. The number of aliphatic hydroxyl groups excluding tert-OH is 3. The minimum absolute atomic E-state index is 0.0224. The number of ether oxygens (including phenoxy) is 2. The number of esters is 2. The van der Waals surface area contributed by atoms with Crippen LogP contribution in [0.25, 0.3) is 0 Å². The fourth-order valence-corrected chi connectivity index (χ4v) is 7.22. The first-order valence-electron chi connectivity index (χ1n) is 21.6. The maximum Gasteiger partial charge on any atom is 0.472 e. The van der Waals surface area contributed by atoms with Gasteiger partial charge in [-0.3, -0.25) is 23.4 Å². The zero-order valence-corrected chi connectivity index (χ0v) is 36.3. The van der Waals surface area contributed by atoms with Crippen molar-refractivity contribution in [3.8, 4) is 0 Å². The van der Waals surface area contributed by atoms with Crippen LogP contribution in [0, 0.1) is 11.8 Å². The molecule has 1 aliphatic carbocycles. The average molecular weight is 856 g/mol. The van der Waals surface area contributed by atoms with E-state index in [1.165, 1.54) is 0 Å². The monoisotopic (exact) mass is 855 g/mol. The summed E-state index contributed by atoms with van der Waals surface area (Å²) < 4.78 is 32.6. The topological polar surface area (TPSA) is 232 Å². The van der Waals surface area contributed by atoms with Gasteiger partial charge < -0.3 is 40.5 Å². The van der Waals surface area contributed by atoms with Crippen LogP contribution in [0.15, 0.2) is 60.8 Å². The molecule has 0 heterocycles. The molecule has 0 radical (unpaired) electrons. The van der Waals surface area contributed by atoms with Crippen molar-refractivity contribution in [1.82, 2.24) is 0 Å². The number of phosphoric ester groups is 1. The third kappa shape index (κ3) is 28.3. The lowest BCUT2D eigenvalue weighted by Gasteiger charge is -2.21. The minimum atomic E-state index is -4.79. The number of carbonyl (C=O) groups is 3. The van der Waals surface area contributed by atoms with Crippen molar-refractivity contribution >= 4 is 25.7 Å². The number of phosphoric acid groups is 1. The van der Waals surface area contributed by atoms with E-state index in [0.29, 0.717) is 32.1 Å². The molecule has 8 atom stereocenters. The summed E-state index contributed by atoms with van der Waals surface area (Å²) in [5.74, 6) is -2.98. The van der Waals surface area contributed by atoms with Crippen molar-refractivity contribution < 1.29 is 62.8 Å². The van der Waals surface area contributed by atoms with Gasteiger partial charge in [-0.2, -0.15) is 0 Å². The Morgan fingerprint density at radius 2 is 1.37 bits per heavy atom. The molecular formula is C44H74NO13P. The van der Waals surface area contributed by atoms with E-state index in [9.17, 15) is 39.2 Å². The first-order valence-corrected chi connectivity index (χ1v) is 23.1. The van der Waals surface area contributed by atoms with E-state index in [1.54, 1.807) is 6.08 Å². The number of carbonyl (C=O) groups excluding carboxylic acids is 2. The molecule has 0 saturated heterocycles. The van der Waals surface area contributed by atoms with Gasteiger partial charge in [0.05, 0.1) is 31.5 Å². The summed E-state index contributed by atoms with van der Waals surface area (Å²) in [6.07, 6.45) is 30.7. The highest BCUT2D eigenvalue weighted by atomic mass is 31.2. The zero-order valence-electron chi connectivity index (χ0n) is 35.4. The third-order valence-corrected chi connectivity index (χ3v) is 10.8. The van der Waals surface area contributed by atoms with Crippen LogP contribution in [0.5, 0.6) is 0 Å². The smallest absolute Gasteiger partial charge is 0.472 e. The summed E-state index contributed by atoms with van der Waals surface area (Å²) in [6, 6.07) is -1.57. The molecule has 0 amide bonds. The average Bonchev–Trinajstić information content (AvgIpc) is 3.47. The number of carboxylic acid groups (broad SMARTS) is 1. The fourth-order valence-electron chi connectivity index (χ4n) is 6.44. The summed E-state index contributed by atoms with van der Waals surface area (Å²) in [4.78, 5) is 46.2. The van der Waals surface area contributed by atoms with Gasteiger partial charge in [-0.05, 0) is 70.1 Å². The molecule has 338 valence electrons. The Bertz CT molecular complexity index is 1350. The molecular weight excluding hydrogens is 781 g/mol. The highest BCUT2D eigenvalue weighted by Crippen LogP contribution is 2.43. The van der Waals surface area contributed by atoms with E-state index < -0.39 is 76.0 Å². The lowest BCUT2D eigenvalue weighted by atomic mass is 9.88. The second-order valence-corrected chi connectivity index (χ2v) is 16.5. The Morgan fingerprint density at radius 3 is 2.03 bits per heavy atom. The van der Waals surface area contributed by atoms with E-state index >= 15 is 0 Å². The van der Waals surface area contributed by atoms with Crippen LogP contribution in [0.4, 0.5) is 0 Å². The van der Waals surface area contributed by atoms with Crippen molar-refractivity contribution in [3.63, 3.8) is 0 Å². The first kappa shape index (κ1) is 54.1. The van der Waals surface area contributed by atoms with E-state index in [0.717, 1.165) is 70.6 Å². The van der Waals surface area contributed by atoms with Crippen molar-refractivity contribution in [2.45, 2.75) is 166 Å². The van der Waals surface area contributed by atoms with Crippen LogP contribution in [-0.4, -0.2) is 93.5 Å². The fraction of sp³-hybridized carbons (Fsp3) is 0.705. The van der Waals surface area contributed by atoms with E-state index in [-0.39, 0.29) is 31.1 Å². The number of aliphatic hydroxyl groups is 3. The molecule has 1 rings (SSSR count). The number of unbranched alkanes of at least 4 members (excludes halogenated alkanes) is 7. The summed E-state index contributed by atoms with van der Waals surface area (Å²) in [5.41, 5.74) is 5.33. The molecule has 0 spiro atoms. The summed E-state index contributed by atoms with van der Waals surface area (Å²) in [6.45, 7) is 2.31. The Labute approximate surface area is 352 Å². The van der Waals surface area contributed by atoms with Crippen molar-refractivity contribution in [1.29, 1.82) is 0 Å². The van der Waals surface area contributed by atoms with Crippen molar-refractivity contribution in [2.24, 2.45) is 17.6 Å². The van der Waals surface area contributed by atoms with Gasteiger partial charge in [-0.15, -0.1) is 0 Å². The largest absolute Gasteiger partial charge is 0.480 e. The number of hydrogen-bond acceptors (Lipinski definition) is 12. The van der Waals surface area contributed by atoms with Crippen LogP contribution in [0.2, 0.25) is 0 Å². The Morgan fingerprint density at radius 1 is 0.763 bits per heavy atom. The maximum atomic E-state index is 12.7. The molecule has 0 aromatic heterocycles. The van der Waals surface area contributed by atoms with Gasteiger partial charge in [0.15, 0.2) is 6.10 Å². The zero-order chi connectivity index (χ0) is 43.7. The highest BCUT2D eigenvalue weighted by Gasteiger charge is 2.39. The van der Waals surface area contributed by atoms with Gasteiger partial charge >= 0.3 is 25.7 Å². The molecule has 0 aliphatic heterocycles. The normalized spacial score (nSPS) is 21.2. The molecule has 1 aliphatic rings. The minimum Gasteiger partial charge on any atom is -0.480 e. The van der Waals surface area contributed by atoms with Gasteiger partial charge in [0.25, 0.3) is 0 Å². The SMILES string of the molecule is CC/C=C\C/C=C\C/C=C\C/C=C\CCCCC(=O)OC[C@H](COP(=O)(O)OC[C@H](N)C(=O)O)OC(=O)CCCCCC[C@@H]1[C@@H](/C=C/[C@@H](O)CCCCC)[C@H](O)C[C@@H]1O. The molecule has 0 aromatic carbocycles. The van der Waals surface area contributed by atoms with E-state index in [1.807, 2.05) is 6.08 Å². The second kappa shape index (κ2) is 33.7. The molecule has 0 aromatic rings. The number of nitrogens with two attached hydrogens (primary N) is 1. The lowest BCUT2D eigenvalue weighted by Crippen LogP contribution is -2.34. The van der Waals surface area contributed by atoms with Crippen LogP contribution in [-0.2, 0) is 37.5 Å². The molecule has 14 nitrogen and oxygen atoms in total. The quantitative estimate of drug-likeness (QED) is 0.0156. The van der Waals surface area contributed by atoms with Crippen LogP contribution < -0.4 is 5.73 Å². The third-order valence-electron chi connectivity index (χ3n) is 9.85. The molecule has 59 heavy (non-hydrogen) atoms. The van der Waals surface area contributed by atoms with Gasteiger partial charge in [0, 0.05) is 25.2 Å². The number of rotatable bonds is 35. The highest BCUT2D eigenvalue weighted by molar-refractivity contribution is 7.47. The molecule has 0 bridgehead atoms.